The summed E-state index contributed by atoms with van der Waals surface area (Å²) in [6.07, 6.45) is 1.22. The first-order chi connectivity index (χ1) is 8.63. The van der Waals surface area contributed by atoms with Gasteiger partial charge in [0.25, 0.3) is 5.91 Å². The molecule has 0 heterocycles. The van der Waals surface area contributed by atoms with E-state index in [0.717, 1.165) is 10.9 Å². The van der Waals surface area contributed by atoms with Crippen molar-refractivity contribution in [3.8, 4) is 0 Å². The zero-order chi connectivity index (χ0) is 13.4. The van der Waals surface area contributed by atoms with Crippen LogP contribution in [-0.2, 0) is 4.79 Å². The molecule has 1 rings (SSSR count). The maximum absolute atomic E-state index is 11.7. The van der Waals surface area contributed by atoms with E-state index in [1.165, 1.54) is 0 Å². The van der Waals surface area contributed by atoms with Crippen molar-refractivity contribution in [3.05, 3.63) is 34.3 Å². The van der Waals surface area contributed by atoms with Crippen molar-refractivity contribution in [2.45, 2.75) is 19.8 Å². The Hall–Kier alpha value is -1.36. The Morgan fingerprint density at radius 2 is 1.72 bits per heavy atom. The minimum absolute atomic E-state index is 0.0363. The average Bonchev–Trinajstić information content (AvgIpc) is 2.38. The highest BCUT2D eigenvalue weighted by Crippen LogP contribution is 2.10. The standard InChI is InChI=1S/C13H17BrN2O2/c1-2-12(17)15-8-3-9-16-13(18)10-4-6-11(14)7-5-10/h4-7H,2-3,8-9H2,1H3,(H,15,17)(H,16,18). The number of carbonyl (C=O) groups excluding carboxylic acids is 2. The van der Waals surface area contributed by atoms with Crippen LogP contribution >= 0.6 is 15.9 Å². The van der Waals surface area contributed by atoms with Crippen molar-refractivity contribution in [3.63, 3.8) is 0 Å². The Bertz CT molecular complexity index is 404. The van der Waals surface area contributed by atoms with E-state index in [0.29, 0.717) is 25.1 Å². The molecule has 1 aromatic carbocycles. The first kappa shape index (κ1) is 14.7. The van der Waals surface area contributed by atoms with Gasteiger partial charge in [-0.05, 0) is 30.7 Å². The second kappa shape index (κ2) is 7.87. The fourth-order valence-corrected chi connectivity index (χ4v) is 1.61. The number of halogens is 1. The van der Waals surface area contributed by atoms with Crippen LogP contribution in [0.3, 0.4) is 0 Å². The van der Waals surface area contributed by atoms with Crippen LogP contribution in [0, 0.1) is 0 Å². The van der Waals surface area contributed by atoms with Gasteiger partial charge < -0.3 is 10.6 Å². The van der Waals surface area contributed by atoms with Gasteiger partial charge in [0, 0.05) is 29.5 Å². The van der Waals surface area contributed by atoms with E-state index in [-0.39, 0.29) is 11.8 Å². The SMILES string of the molecule is CCC(=O)NCCCNC(=O)c1ccc(Br)cc1. The third kappa shape index (κ3) is 5.31. The minimum atomic E-state index is -0.0932. The normalized spacial score (nSPS) is 9.89. The second-order valence-electron chi connectivity index (χ2n) is 3.82. The van der Waals surface area contributed by atoms with E-state index in [1.807, 2.05) is 19.1 Å². The monoisotopic (exact) mass is 312 g/mol. The van der Waals surface area contributed by atoms with E-state index >= 15 is 0 Å². The number of hydrogen-bond donors (Lipinski definition) is 2. The quantitative estimate of drug-likeness (QED) is 0.790. The number of carbonyl (C=O) groups is 2. The number of hydrogen-bond acceptors (Lipinski definition) is 2. The summed E-state index contributed by atoms with van der Waals surface area (Å²) in [5.41, 5.74) is 0.635. The zero-order valence-electron chi connectivity index (χ0n) is 10.3. The summed E-state index contributed by atoms with van der Waals surface area (Å²) in [4.78, 5) is 22.7. The average molecular weight is 313 g/mol. The van der Waals surface area contributed by atoms with Crippen LogP contribution in [0.5, 0.6) is 0 Å². The van der Waals surface area contributed by atoms with Crippen molar-refractivity contribution < 1.29 is 9.59 Å². The van der Waals surface area contributed by atoms with Gasteiger partial charge in [0.1, 0.15) is 0 Å². The molecule has 0 fully saturated rings. The van der Waals surface area contributed by atoms with Crippen LogP contribution in [0.2, 0.25) is 0 Å². The lowest BCUT2D eigenvalue weighted by atomic mass is 10.2. The van der Waals surface area contributed by atoms with Crippen LogP contribution in [-0.4, -0.2) is 24.9 Å². The molecular formula is C13H17BrN2O2. The molecule has 5 heteroatoms. The van der Waals surface area contributed by atoms with Gasteiger partial charge in [-0.2, -0.15) is 0 Å². The molecule has 1 aromatic rings. The van der Waals surface area contributed by atoms with Crippen molar-refractivity contribution in [2.24, 2.45) is 0 Å². The molecule has 0 atom stereocenters. The summed E-state index contributed by atoms with van der Waals surface area (Å²) in [7, 11) is 0. The fourth-order valence-electron chi connectivity index (χ4n) is 1.35. The van der Waals surface area contributed by atoms with Crippen molar-refractivity contribution in [2.75, 3.05) is 13.1 Å². The maximum Gasteiger partial charge on any atom is 0.251 e. The lowest BCUT2D eigenvalue weighted by Gasteiger charge is -2.06. The molecule has 18 heavy (non-hydrogen) atoms. The third-order valence-corrected chi connectivity index (χ3v) is 2.92. The highest BCUT2D eigenvalue weighted by atomic mass is 79.9. The smallest absolute Gasteiger partial charge is 0.251 e. The van der Waals surface area contributed by atoms with Gasteiger partial charge in [0.2, 0.25) is 5.91 Å². The predicted octanol–water partition coefficient (Wildman–Crippen LogP) is 2.10. The molecule has 0 bridgehead atoms. The Morgan fingerprint density at radius 3 is 2.33 bits per heavy atom. The summed E-state index contributed by atoms with van der Waals surface area (Å²) < 4.78 is 0.946. The Labute approximate surface area is 115 Å². The highest BCUT2D eigenvalue weighted by Gasteiger charge is 2.03. The topological polar surface area (TPSA) is 58.2 Å². The Kier molecular flexibility index (Phi) is 6.43. The Balaban J connectivity index is 2.21. The van der Waals surface area contributed by atoms with Crippen LogP contribution in [0.25, 0.3) is 0 Å². The van der Waals surface area contributed by atoms with Crippen LogP contribution < -0.4 is 10.6 Å². The van der Waals surface area contributed by atoms with Crippen molar-refractivity contribution in [1.82, 2.24) is 10.6 Å². The highest BCUT2D eigenvalue weighted by molar-refractivity contribution is 9.10. The zero-order valence-corrected chi connectivity index (χ0v) is 11.9. The summed E-state index contributed by atoms with van der Waals surface area (Å²) in [6, 6.07) is 7.18. The molecule has 0 radical (unpaired) electrons. The van der Waals surface area contributed by atoms with Crippen molar-refractivity contribution in [1.29, 1.82) is 0 Å². The number of nitrogens with one attached hydrogen (secondary N) is 2. The lowest BCUT2D eigenvalue weighted by molar-refractivity contribution is -0.120. The number of amides is 2. The first-order valence-corrected chi connectivity index (χ1v) is 6.73. The van der Waals surface area contributed by atoms with Gasteiger partial charge >= 0.3 is 0 Å². The predicted molar refractivity (Wildman–Crippen MR) is 74.4 cm³/mol. The molecule has 0 saturated heterocycles. The largest absolute Gasteiger partial charge is 0.356 e. The van der Waals surface area contributed by atoms with Gasteiger partial charge in [0.05, 0.1) is 0 Å². The maximum atomic E-state index is 11.7. The summed E-state index contributed by atoms with van der Waals surface area (Å²) in [5.74, 6) is -0.0569. The molecule has 0 aliphatic carbocycles. The molecular weight excluding hydrogens is 296 g/mol. The van der Waals surface area contributed by atoms with E-state index in [9.17, 15) is 9.59 Å². The van der Waals surface area contributed by atoms with Crippen LogP contribution in [0.4, 0.5) is 0 Å². The Morgan fingerprint density at radius 1 is 1.11 bits per heavy atom. The molecule has 0 aliphatic rings. The summed E-state index contributed by atoms with van der Waals surface area (Å²) in [6.45, 7) is 2.96. The molecule has 0 saturated carbocycles. The van der Waals surface area contributed by atoms with Crippen LogP contribution in [0.15, 0.2) is 28.7 Å². The minimum Gasteiger partial charge on any atom is -0.356 e. The van der Waals surface area contributed by atoms with Gasteiger partial charge in [-0.1, -0.05) is 22.9 Å². The van der Waals surface area contributed by atoms with Gasteiger partial charge in [-0.25, -0.2) is 0 Å². The molecule has 0 spiro atoms. The molecule has 4 nitrogen and oxygen atoms in total. The van der Waals surface area contributed by atoms with Crippen LogP contribution in [0.1, 0.15) is 30.1 Å². The molecule has 98 valence electrons. The van der Waals surface area contributed by atoms with E-state index in [2.05, 4.69) is 26.6 Å². The molecule has 2 N–H and O–H groups in total. The first-order valence-electron chi connectivity index (χ1n) is 5.94. The third-order valence-electron chi connectivity index (χ3n) is 2.39. The second-order valence-corrected chi connectivity index (χ2v) is 4.74. The van der Waals surface area contributed by atoms with E-state index < -0.39 is 0 Å². The molecule has 0 aliphatic heterocycles. The molecule has 0 aromatic heterocycles. The summed E-state index contributed by atoms with van der Waals surface area (Å²) in [5, 5.41) is 5.56. The molecule has 2 amide bonds. The number of rotatable bonds is 6. The van der Waals surface area contributed by atoms with E-state index in [1.54, 1.807) is 12.1 Å². The van der Waals surface area contributed by atoms with Gasteiger partial charge in [-0.3, -0.25) is 9.59 Å². The summed E-state index contributed by atoms with van der Waals surface area (Å²) >= 11 is 3.32. The van der Waals surface area contributed by atoms with Crippen molar-refractivity contribution >= 4 is 27.7 Å². The lowest BCUT2D eigenvalue weighted by Crippen LogP contribution is -2.29. The number of benzene rings is 1. The fraction of sp³-hybridized carbons (Fsp3) is 0.385. The van der Waals surface area contributed by atoms with Gasteiger partial charge in [0.15, 0.2) is 0 Å². The van der Waals surface area contributed by atoms with E-state index in [4.69, 9.17) is 0 Å². The van der Waals surface area contributed by atoms with Gasteiger partial charge in [-0.15, -0.1) is 0 Å². The molecule has 0 unspecified atom stereocenters.